The highest BCUT2D eigenvalue weighted by molar-refractivity contribution is 6.30. The molecule has 2 fully saturated rings. The Morgan fingerprint density at radius 2 is 2.04 bits per heavy atom. The molecular formula is C16H18ClN3O4. The molecule has 0 spiro atoms. The minimum Gasteiger partial charge on any atom is -0.370 e. The predicted octanol–water partition coefficient (Wildman–Crippen LogP) is 1.23. The number of benzene rings is 1. The maximum Gasteiger partial charge on any atom is 0.322 e. The van der Waals surface area contributed by atoms with Crippen molar-refractivity contribution < 1.29 is 19.1 Å². The molecule has 0 radical (unpaired) electrons. The molecule has 7 nitrogen and oxygen atoms in total. The molecule has 0 bridgehead atoms. The van der Waals surface area contributed by atoms with Gasteiger partial charge in [-0.15, -0.1) is 0 Å². The maximum absolute atomic E-state index is 12.4. The van der Waals surface area contributed by atoms with E-state index in [2.05, 4.69) is 10.6 Å². The van der Waals surface area contributed by atoms with Crippen LogP contribution < -0.4 is 10.6 Å². The largest absolute Gasteiger partial charge is 0.370 e. The zero-order valence-electron chi connectivity index (χ0n) is 13.0. The second kappa shape index (κ2) is 7.19. The Morgan fingerprint density at radius 3 is 2.71 bits per heavy atom. The molecule has 2 heterocycles. The molecule has 4 amide bonds. The van der Waals surface area contributed by atoms with Gasteiger partial charge in [0.15, 0.2) is 0 Å². The standard InChI is InChI=1S/C16H18ClN3O4/c17-11-3-1-10(2-4-11)13-9-20(7-8-24-13)14(21)6-5-12-15(22)19-16(23)18-12/h1-4,12-13H,5-9H2,(H2,18,19,22,23)/t12-,13-/m0/s1. The topological polar surface area (TPSA) is 87.7 Å². The summed E-state index contributed by atoms with van der Waals surface area (Å²) in [5.41, 5.74) is 0.972. The molecule has 2 N–H and O–H groups in total. The molecule has 0 aliphatic carbocycles. The Morgan fingerprint density at radius 1 is 1.29 bits per heavy atom. The van der Waals surface area contributed by atoms with Crippen molar-refractivity contribution in [3.63, 3.8) is 0 Å². The lowest BCUT2D eigenvalue weighted by atomic mass is 10.1. The lowest BCUT2D eigenvalue weighted by molar-refractivity contribution is -0.139. The summed E-state index contributed by atoms with van der Waals surface area (Å²) in [5, 5.41) is 5.31. The first-order chi connectivity index (χ1) is 11.5. The summed E-state index contributed by atoms with van der Waals surface area (Å²) in [7, 11) is 0. The Bertz CT molecular complexity index is 649. The minimum atomic E-state index is -0.630. The van der Waals surface area contributed by atoms with Crippen LogP contribution in [0.15, 0.2) is 24.3 Å². The highest BCUT2D eigenvalue weighted by atomic mass is 35.5. The van der Waals surface area contributed by atoms with Crippen molar-refractivity contribution in [2.45, 2.75) is 25.0 Å². The van der Waals surface area contributed by atoms with Crippen molar-refractivity contribution in [1.29, 1.82) is 0 Å². The number of hydrogen-bond donors (Lipinski definition) is 2. The number of nitrogens with one attached hydrogen (secondary N) is 2. The molecule has 1 aromatic rings. The first kappa shape index (κ1) is 16.7. The van der Waals surface area contributed by atoms with Gasteiger partial charge in [0.05, 0.1) is 13.2 Å². The summed E-state index contributed by atoms with van der Waals surface area (Å²) in [4.78, 5) is 36.7. The predicted molar refractivity (Wildman–Crippen MR) is 86.4 cm³/mol. The SMILES string of the molecule is O=C1NC(=O)[C@H](CCC(=O)N2CCO[C@H](c3ccc(Cl)cc3)C2)N1. The average molecular weight is 352 g/mol. The van der Waals surface area contributed by atoms with E-state index in [1.807, 2.05) is 12.1 Å². The smallest absolute Gasteiger partial charge is 0.322 e. The maximum atomic E-state index is 12.4. The van der Waals surface area contributed by atoms with Crippen LogP contribution in [0, 0.1) is 0 Å². The number of halogens is 1. The number of imide groups is 1. The first-order valence-electron chi connectivity index (χ1n) is 7.79. The fraction of sp³-hybridized carbons (Fsp3) is 0.438. The van der Waals surface area contributed by atoms with E-state index in [0.717, 1.165) is 5.56 Å². The van der Waals surface area contributed by atoms with Crippen LogP contribution in [0.25, 0.3) is 0 Å². The lowest BCUT2D eigenvalue weighted by Gasteiger charge is -2.33. The highest BCUT2D eigenvalue weighted by Crippen LogP contribution is 2.24. The fourth-order valence-electron chi connectivity index (χ4n) is 2.84. The number of nitrogens with zero attached hydrogens (tertiary/aromatic N) is 1. The van der Waals surface area contributed by atoms with E-state index >= 15 is 0 Å². The van der Waals surface area contributed by atoms with E-state index in [4.69, 9.17) is 16.3 Å². The van der Waals surface area contributed by atoms with Crippen LogP contribution in [-0.4, -0.2) is 48.5 Å². The molecule has 24 heavy (non-hydrogen) atoms. The van der Waals surface area contributed by atoms with Gasteiger partial charge in [-0.3, -0.25) is 14.9 Å². The Kier molecular flexibility index (Phi) is 5.01. The van der Waals surface area contributed by atoms with E-state index in [0.29, 0.717) is 31.1 Å². The Balaban J connectivity index is 1.54. The number of amides is 4. The summed E-state index contributed by atoms with van der Waals surface area (Å²) < 4.78 is 5.74. The summed E-state index contributed by atoms with van der Waals surface area (Å²) in [6.45, 7) is 1.44. The van der Waals surface area contributed by atoms with E-state index in [1.54, 1.807) is 17.0 Å². The molecule has 0 saturated carbocycles. The lowest BCUT2D eigenvalue weighted by Crippen LogP contribution is -2.43. The van der Waals surface area contributed by atoms with Gasteiger partial charge in [0.25, 0.3) is 5.91 Å². The molecule has 0 aromatic heterocycles. The molecule has 1 aromatic carbocycles. The van der Waals surface area contributed by atoms with Crippen LogP contribution in [0.5, 0.6) is 0 Å². The zero-order chi connectivity index (χ0) is 17.1. The molecule has 2 aliphatic heterocycles. The number of rotatable bonds is 4. The average Bonchev–Trinajstić information content (AvgIpc) is 2.91. The molecule has 2 atom stereocenters. The Hall–Kier alpha value is -2.12. The van der Waals surface area contributed by atoms with Crippen LogP contribution in [0.2, 0.25) is 5.02 Å². The van der Waals surface area contributed by atoms with Gasteiger partial charge < -0.3 is 15.0 Å². The molecule has 2 aliphatic rings. The summed E-state index contributed by atoms with van der Waals surface area (Å²) >= 11 is 5.89. The van der Waals surface area contributed by atoms with Crippen molar-refractivity contribution in [2.24, 2.45) is 0 Å². The van der Waals surface area contributed by atoms with Crippen LogP contribution >= 0.6 is 11.6 Å². The summed E-state index contributed by atoms with van der Waals surface area (Å²) in [6, 6.07) is 6.23. The van der Waals surface area contributed by atoms with Crippen LogP contribution in [0.3, 0.4) is 0 Å². The summed E-state index contributed by atoms with van der Waals surface area (Å²) in [5.74, 6) is -0.431. The third-order valence-corrected chi connectivity index (χ3v) is 4.42. The number of morpholine rings is 1. The highest BCUT2D eigenvalue weighted by Gasteiger charge is 2.31. The number of carbonyl (C=O) groups is 3. The van der Waals surface area contributed by atoms with Crippen LogP contribution in [0.4, 0.5) is 4.79 Å². The normalized spacial score (nSPS) is 23.8. The van der Waals surface area contributed by atoms with E-state index in [1.165, 1.54) is 0 Å². The van der Waals surface area contributed by atoms with Gasteiger partial charge in [0, 0.05) is 18.0 Å². The van der Waals surface area contributed by atoms with Crippen molar-refractivity contribution in [3.05, 3.63) is 34.9 Å². The van der Waals surface area contributed by atoms with Crippen molar-refractivity contribution in [3.8, 4) is 0 Å². The van der Waals surface area contributed by atoms with Gasteiger partial charge in [-0.1, -0.05) is 23.7 Å². The fourth-order valence-corrected chi connectivity index (χ4v) is 2.97. The van der Waals surface area contributed by atoms with Gasteiger partial charge in [-0.2, -0.15) is 0 Å². The first-order valence-corrected chi connectivity index (χ1v) is 8.17. The number of carbonyl (C=O) groups excluding carboxylic acids is 3. The number of urea groups is 1. The second-order valence-electron chi connectivity index (χ2n) is 5.80. The molecule has 128 valence electrons. The van der Waals surface area contributed by atoms with Gasteiger partial charge >= 0.3 is 6.03 Å². The third kappa shape index (κ3) is 3.85. The van der Waals surface area contributed by atoms with E-state index in [-0.39, 0.29) is 24.3 Å². The monoisotopic (exact) mass is 351 g/mol. The van der Waals surface area contributed by atoms with Crippen molar-refractivity contribution >= 4 is 29.4 Å². The minimum absolute atomic E-state index is 0.0498. The Labute approximate surface area is 144 Å². The third-order valence-electron chi connectivity index (χ3n) is 4.17. The van der Waals surface area contributed by atoms with Crippen LogP contribution in [-0.2, 0) is 14.3 Å². The summed E-state index contributed by atoms with van der Waals surface area (Å²) in [6.07, 6.45) is 0.305. The quantitative estimate of drug-likeness (QED) is 0.799. The van der Waals surface area contributed by atoms with Crippen LogP contribution in [0.1, 0.15) is 24.5 Å². The molecule has 0 unspecified atom stereocenters. The van der Waals surface area contributed by atoms with E-state index < -0.39 is 12.1 Å². The number of ether oxygens (including phenoxy) is 1. The molecule has 2 saturated heterocycles. The second-order valence-corrected chi connectivity index (χ2v) is 6.24. The van der Waals surface area contributed by atoms with Crippen molar-refractivity contribution in [1.82, 2.24) is 15.5 Å². The molecule has 8 heteroatoms. The van der Waals surface area contributed by atoms with Gasteiger partial charge in [-0.25, -0.2) is 4.79 Å². The molecular weight excluding hydrogens is 334 g/mol. The van der Waals surface area contributed by atoms with E-state index in [9.17, 15) is 14.4 Å². The van der Waals surface area contributed by atoms with Crippen molar-refractivity contribution in [2.75, 3.05) is 19.7 Å². The van der Waals surface area contributed by atoms with Gasteiger partial charge in [0.1, 0.15) is 12.1 Å². The molecule has 3 rings (SSSR count). The zero-order valence-corrected chi connectivity index (χ0v) is 13.7. The van der Waals surface area contributed by atoms with Gasteiger partial charge in [-0.05, 0) is 24.1 Å². The van der Waals surface area contributed by atoms with Gasteiger partial charge in [0.2, 0.25) is 5.91 Å². The number of hydrogen-bond acceptors (Lipinski definition) is 4.